The van der Waals surface area contributed by atoms with E-state index < -0.39 is 0 Å². The summed E-state index contributed by atoms with van der Waals surface area (Å²) in [7, 11) is 0. The van der Waals surface area contributed by atoms with Crippen molar-refractivity contribution in [3.8, 4) is 0 Å². The fraction of sp³-hybridized carbons (Fsp3) is 0.0286. The zero-order valence-electron chi connectivity index (χ0n) is 20.8. The average Bonchev–Trinajstić information content (AvgIpc) is 3.68. The molecule has 0 fully saturated rings. The van der Waals surface area contributed by atoms with Crippen molar-refractivity contribution < 1.29 is 0 Å². The van der Waals surface area contributed by atoms with Crippen molar-refractivity contribution in [2.75, 3.05) is 5.75 Å². The molecule has 0 aliphatic carbocycles. The molecular formula is C35H20S4. The van der Waals surface area contributed by atoms with E-state index in [4.69, 9.17) is 0 Å². The van der Waals surface area contributed by atoms with Gasteiger partial charge in [0.1, 0.15) is 0 Å². The minimum absolute atomic E-state index is 0.935. The number of thioether (sulfide) groups is 1. The summed E-state index contributed by atoms with van der Waals surface area (Å²) in [6.45, 7) is 4.54. The molecule has 0 atom stereocenters. The molecule has 4 heteroatoms. The molecule has 4 heterocycles. The van der Waals surface area contributed by atoms with E-state index in [9.17, 15) is 0 Å². The normalized spacial score (nSPS) is 15.6. The van der Waals surface area contributed by atoms with Crippen LogP contribution in [0.1, 0.15) is 5.56 Å². The van der Waals surface area contributed by atoms with Crippen molar-refractivity contribution in [1.82, 2.24) is 0 Å². The molecule has 8 aromatic rings. The van der Waals surface area contributed by atoms with Crippen LogP contribution in [-0.2, 0) is 0 Å². The first-order valence-corrected chi connectivity index (χ1v) is 16.5. The van der Waals surface area contributed by atoms with Crippen LogP contribution in [0.25, 0.3) is 79.6 Å². The molecule has 184 valence electrons. The lowest BCUT2D eigenvalue weighted by atomic mass is 9.98. The van der Waals surface area contributed by atoms with Gasteiger partial charge in [-0.1, -0.05) is 36.9 Å². The third kappa shape index (κ3) is 3.36. The number of hydrogen-bond donors (Lipinski definition) is 0. The molecule has 0 saturated carbocycles. The van der Waals surface area contributed by atoms with Gasteiger partial charge in [-0.15, -0.1) is 45.8 Å². The van der Waals surface area contributed by atoms with Crippen molar-refractivity contribution in [1.29, 1.82) is 0 Å². The molecule has 0 spiro atoms. The zero-order chi connectivity index (χ0) is 25.7. The summed E-state index contributed by atoms with van der Waals surface area (Å²) in [5, 5.41) is 17.6. The number of allylic oxidation sites excluding steroid dienone is 1. The second kappa shape index (κ2) is 8.30. The van der Waals surface area contributed by atoms with Gasteiger partial charge in [0.2, 0.25) is 0 Å². The van der Waals surface area contributed by atoms with E-state index in [0.717, 1.165) is 11.3 Å². The standard InChI is InChI=1S/C35H20S4/c1-19-12-23-13-21-7-9-36-31(21)16-20(23)6-11-38-34-26(19)2-3-28-27(34)4-5-29-30-15-24-14-22-8-10-37-32(22)17-25(24)18-33(30)39-35(28)29/h2-10,12-18H,1,11H2/b20-6-,23-12-. The van der Waals surface area contributed by atoms with Gasteiger partial charge in [0.25, 0.3) is 0 Å². The Morgan fingerprint density at radius 3 is 2.21 bits per heavy atom. The first-order valence-electron chi connectivity index (χ1n) is 12.9. The highest BCUT2D eigenvalue weighted by atomic mass is 32.2. The van der Waals surface area contributed by atoms with Crippen molar-refractivity contribution >= 4 is 125 Å². The van der Waals surface area contributed by atoms with Crippen LogP contribution < -0.4 is 10.4 Å². The Bertz CT molecular complexity index is 2460. The number of fused-ring (bicyclic) bond motifs is 11. The third-order valence-corrected chi connectivity index (χ3v) is 12.0. The second-order valence-electron chi connectivity index (χ2n) is 10.2. The first-order chi connectivity index (χ1) is 19.2. The Morgan fingerprint density at radius 2 is 1.31 bits per heavy atom. The van der Waals surface area contributed by atoms with E-state index in [0.29, 0.717) is 0 Å². The quantitative estimate of drug-likeness (QED) is 0.175. The highest BCUT2D eigenvalue weighted by Gasteiger charge is 2.16. The predicted molar refractivity (Wildman–Crippen MR) is 179 cm³/mol. The van der Waals surface area contributed by atoms with E-state index >= 15 is 0 Å². The molecule has 1 aliphatic rings. The minimum atomic E-state index is 0.935. The number of thiophene rings is 3. The van der Waals surface area contributed by atoms with Crippen LogP contribution in [0.3, 0.4) is 0 Å². The SMILES string of the molecule is C=C1/C=c2/cc3ccsc3c/c2=C/CSc2c1ccc1c2ccc2c3cc4cc5ccsc5cc4cc3sc12. The topological polar surface area (TPSA) is 0 Å². The van der Waals surface area contributed by atoms with Crippen LogP contribution in [0.5, 0.6) is 0 Å². The molecule has 0 saturated heterocycles. The van der Waals surface area contributed by atoms with Gasteiger partial charge < -0.3 is 0 Å². The molecule has 39 heavy (non-hydrogen) atoms. The Kier molecular flexibility index (Phi) is 4.77. The number of benzene rings is 5. The van der Waals surface area contributed by atoms with Gasteiger partial charge in [0, 0.05) is 45.6 Å². The molecule has 0 unspecified atom stereocenters. The first kappa shape index (κ1) is 22.4. The monoisotopic (exact) mass is 568 g/mol. The molecular weight excluding hydrogens is 549 g/mol. The highest BCUT2D eigenvalue weighted by molar-refractivity contribution is 8.00. The molecule has 1 aliphatic heterocycles. The van der Waals surface area contributed by atoms with Crippen molar-refractivity contribution in [3.05, 3.63) is 106 Å². The van der Waals surface area contributed by atoms with Gasteiger partial charge in [-0.2, -0.15) is 0 Å². The molecule has 0 amide bonds. The smallest absolute Gasteiger partial charge is 0.0434 e. The fourth-order valence-corrected chi connectivity index (χ4v) is 10.1. The lowest BCUT2D eigenvalue weighted by Gasteiger charge is -2.13. The van der Waals surface area contributed by atoms with Crippen molar-refractivity contribution in [2.45, 2.75) is 4.90 Å². The Labute approximate surface area is 240 Å². The number of rotatable bonds is 0. The van der Waals surface area contributed by atoms with Crippen LogP contribution in [0.2, 0.25) is 0 Å². The van der Waals surface area contributed by atoms with E-state index in [2.05, 4.69) is 102 Å². The van der Waals surface area contributed by atoms with Gasteiger partial charge in [0.05, 0.1) is 0 Å². The lowest BCUT2D eigenvalue weighted by molar-refractivity contribution is 1.49. The maximum Gasteiger partial charge on any atom is 0.0434 e. The van der Waals surface area contributed by atoms with Gasteiger partial charge in [-0.05, 0) is 114 Å². The van der Waals surface area contributed by atoms with Crippen LogP contribution in [0.15, 0.2) is 95.0 Å². The molecule has 0 radical (unpaired) electrons. The fourth-order valence-electron chi connectivity index (χ4n) is 6.05. The van der Waals surface area contributed by atoms with Gasteiger partial charge in [0.15, 0.2) is 0 Å². The van der Waals surface area contributed by atoms with Crippen LogP contribution >= 0.6 is 45.8 Å². The van der Waals surface area contributed by atoms with Crippen molar-refractivity contribution in [3.63, 3.8) is 0 Å². The Hall–Kier alpha value is -3.41. The summed E-state index contributed by atoms with van der Waals surface area (Å²) in [5.41, 5.74) is 2.32. The van der Waals surface area contributed by atoms with Crippen LogP contribution in [0.4, 0.5) is 0 Å². The second-order valence-corrected chi connectivity index (χ2v) is 14.2. The summed E-state index contributed by atoms with van der Waals surface area (Å²) in [5.74, 6) is 0.935. The van der Waals surface area contributed by atoms with Crippen LogP contribution in [0, 0.1) is 0 Å². The van der Waals surface area contributed by atoms with E-state index in [1.165, 1.54) is 82.8 Å². The van der Waals surface area contributed by atoms with Gasteiger partial charge in [-0.3, -0.25) is 0 Å². The zero-order valence-corrected chi connectivity index (χ0v) is 24.1. The van der Waals surface area contributed by atoms with Gasteiger partial charge in [-0.25, -0.2) is 0 Å². The predicted octanol–water partition coefficient (Wildman–Crippen LogP) is 10.2. The summed E-state index contributed by atoms with van der Waals surface area (Å²) >= 11 is 7.49. The summed E-state index contributed by atoms with van der Waals surface area (Å²) < 4.78 is 5.44. The molecule has 9 rings (SSSR count). The van der Waals surface area contributed by atoms with Crippen LogP contribution in [-0.4, -0.2) is 5.75 Å². The number of hydrogen-bond acceptors (Lipinski definition) is 4. The molecule has 0 nitrogen and oxygen atoms in total. The Balaban J connectivity index is 1.27. The summed E-state index contributed by atoms with van der Waals surface area (Å²) in [6, 6.07) is 27.9. The largest absolute Gasteiger partial charge is 0.144 e. The summed E-state index contributed by atoms with van der Waals surface area (Å²) in [4.78, 5) is 1.34. The molecule has 5 aromatic carbocycles. The minimum Gasteiger partial charge on any atom is -0.144 e. The maximum atomic E-state index is 4.54. The molecule has 0 N–H and O–H groups in total. The third-order valence-electron chi connectivity index (χ3n) is 7.98. The average molecular weight is 569 g/mol. The molecule has 3 aromatic heterocycles. The van der Waals surface area contributed by atoms with Gasteiger partial charge >= 0.3 is 0 Å². The van der Waals surface area contributed by atoms with E-state index in [-0.39, 0.29) is 0 Å². The summed E-state index contributed by atoms with van der Waals surface area (Å²) in [6.07, 6.45) is 4.65. The Morgan fingerprint density at radius 1 is 0.590 bits per heavy atom. The highest BCUT2D eigenvalue weighted by Crippen LogP contribution is 2.44. The van der Waals surface area contributed by atoms with E-state index in [1.54, 1.807) is 0 Å². The lowest BCUT2D eigenvalue weighted by Crippen LogP contribution is -2.24. The maximum absolute atomic E-state index is 4.54. The van der Waals surface area contributed by atoms with Crippen molar-refractivity contribution in [2.24, 2.45) is 0 Å². The molecule has 0 bridgehead atoms. The van der Waals surface area contributed by atoms with E-state index in [1.807, 2.05) is 45.8 Å².